The maximum atomic E-state index is 10.9. The van der Waals surface area contributed by atoms with E-state index in [0.717, 1.165) is 0 Å². The molecular weight excluding hydrogens is 234 g/mol. The molecule has 0 unspecified atom stereocenters. The summed E-state index contributed by atoms with van der Waals surface area (Å²) >= 11 is 0. The van der Waals surface area contributed by atoms with Crippen LogP contribution in [0.2, 0.25) is 0 Å². The molecular formula is C12H13N3O3. The zero-order chi connectivity index (χ0) is 13.1. The molecule has 6 nitrogen and oxygen atoms in total. The minimum atomic E-state index is -0.407. The summed E-state index contributed by atoms with van der Waals surface area (Å²) in [6, 6.07) is 4.95. The van der Waals surface area contributed by atoms with Crippen LogP contribution in [0.1, 0.15) is 11.5 Å². The van der Waals surface area contributed by atoms with E-state index in [-0.39, 0.29) is 5.69 Å². The fourth-order valence-corrected chi connectivity index (χ4v) is 1.64. The van der Waals surface area contributed by atoms with Crippen molar-refractivity contribution in [3.05, 3.63) is 46.0 Å². The summed E-state index contributed by atoms with van der Waals surface area (Å²) in [6.07, 6.45) is 2.10. The van der Waals surface area contributed by atoms with Gasteiger partial charge in [0.1, 0.15) is 0 Å². The van der Waals surface area contributed by atoms with Crippen molar-refractivity contribution in [1.29, 1.82) is 0 Å². The van der Waals surface area contributed by atoms with Gasteiger partial charge < -0.3 is 10.2 Å². The number of nitro benzene ring substituents is 1. The zero-order valence-electron chi connectivity index (χ0n) is 9.92. The normalized spacial score (nSPS) is 10.6. The lowest BCUT2D eigenvalue weighted by atomic mass is 10.1. The molecule has 0 fully saturated rings. The number of rotatable bonds is 4. The van der Waals surface area contributed by atoms with E-state index in [1.165, 1.54) is 6.07 Å². The molecule has 1 aromatic heterocycles. The Bertz CT molecular complexity index is 578. The van der Waals surface area contributed by atoms with Crippen LogP contribution in [0.25, 0.3) is 11.3 Å². The molecule has 0 atom stereocenters. The maximum Gasteiger partial charge on any atom is 0.273 e. The first kappa shape index (κ1) is 12.3. The second kappa shape index (κ2) is 4.97. The van der Waals surface area contributed by atoms with Crippen LogP contribution in [0.4, 0.5) is 5.69 Å². The van der Waals surface area contributed by atoms with Gasteiger partial charge >= 0.3 is 0 Å². The Balaban J connectivity index is 2.38. The van der Waals surface area contributed by atoms with E-state index >= 15 is 0 Å². The molecule has 1 heterocycles. The van der Waals surface area contributed by atoms with Crippen molar-refractivity contribution in [2.75, 3.05) is 6.54 Å². The molecule has 18 heavy (non-hydrogen) atoms. The number of oxazole rings is 1. The molecule has 94 valence electrons. The number of nitrogens with two attached hydrogens (primary N) is 1. The van der Waals surface area contributed by atoms with Gasteiger partial charge in [0.25, 0.3) is 5.69 Å². The third-order valence-electron chi connectivity index (χ3n) is 2.60. The summed E-state index contributed by atoms with van der Waals surface area (Å²) < 4.78 is 5.47. The lowest BCUT2D eigenvalue weighted by Crippen LogP contribution is -2.02. The van der Waals surface area contributed by atoms with E-state index < -0.39 is 4.92 Å². The lowest BCUT2D eigenvalue weighted by molar-refractivity contribution is -0.385. The second-order valence-electron chi connectivity index (χ2n) is 3.92. The molecule has 0 bridgehead atoms. The van der Waals surface area contributed by atoms with Crippen LogP contribution in [-0.4, -0.2) is 16.5 Å². The van der Waals surface area contributed by atoms with Gasteiger partial charge in [-0.2, -0.15) is 0 Å². The van der Waals surface area contributed by atoms with E-state index in [1.807, 2.05) is 0 Å². The third kappa shape index (κ3) is 2.38. The topological polar surface area (TPSA) is 95.2 Å². The first-order valence-corrected chi connectivity index (χ1v) is 5.52. The Kier molecular flexibility index (Phi) is 3.38. The Morgan fingerprint density at radius 2 is 2.28 bits per heavy atom. The molecule has 0 radical (unpaired) electrons. The summed E-state index contributed by atoms with van der Waals surface area (Å²) in [5.74, 6) is 1.05. The molecule has 0 saturated heterocycles. The molecule has 0 spiro atoms. The molecule has 2 N–H and O–H groups in total. The van der Waals surface area contributed by atoms with E-state index in [0.29, 0.717) is 35.7 Å². The second-order valence-corrected chi connectivity index (χ2v) is 3.92. The molecule has 0 aliphatic rings. The van der Waals surface area contributed by atoms with E-state index in [4.69, 9.17) is 10.2 Å². The highest BCUT2D eigenvalue weighted by atomic mass is 16.6. The molecule has 2 rings (SSSR count). The van der Waals surface area contributed by atoms with Crippen molar-refractivity contribution in [2.45, 2.75) is 13.3 Å². The van der Waals surface area contributed by atoms with Gasteiger partial charge in [-0.25, -0.2) is 4.98 Å². The Morgan fingerprint density at radius 1 is 1.50 bits per heavy atom. The van der Waals surface area contributed by atoms with Gasteiger partial charge in [-0.3, -0.25) is 10.1 Å². The van der Waals surface area contributed by atoms with E-state index in [2.05, 4.69) is 4.98 Å². The van der Waals surface area contributed by atoms with Crippen LogP contribution >= 0.6 is 0 Å². The first-order valence-electron chi connectivity index (χ1n) is 5.52. The number of aryl methyl sites for hydroxylation is 1. The minimum Gasteiger partial charge on any atom is -0.441 e. The number of hydrogen-bond acceptors (Lipinski definition) is 5. The predicted molar refractivity (Wildman–Crippen MR) is 66.1 cm³/mol. The van der Waals surface area contributed by atoms with Crippen LogP contribution < -0.4 is 5.73 Å². The van der Waals surface area contributed by atoms with Crippen LogP contribution in [0, 0.1) is 17.0 Å². The Hall–Kier alpha value is -2.21. The van der Waals surface area contributed by atoms with Crippen LogP contribution in [0.3, 0.4) is 0 Å². The quantitative estimate of drug-likeness (QED) is 0.659. The van der Waals surface area contributed by atoms with Crippen molar-refractivity contribution in [3.8, 4) is 11.3 Å². The molecule has 0 aliphatic heterocycles. The maximum absolute atomic E-state index is 10.9. The smallest absolute Gasteiger partial charge is 0.273 e. The monoisotopic (exact) mass is 247 g/mol. The molecule has 6 heteroatoms. The van der Waals surface area contributed by atoms with Crippen molar-refractivity contribution >= 4 is 5.69 Å². The Morgan fingerprint density at radius 3 is 2.94 bits per heavy atom. The standard InChI is InChI=1S/C12H13N3O3/c1-8-2-3-9(6-10(8)15(16)17)11-7-14-12(18-11)4-5-13/h2-3,6-7H,4-5,13H2,1H3. The fraction of sp³-hybridized carbons (Fsp3) is 0.250. The summed E-state index contributed by atoms with van der Waals surface area (Å²) in [5.41, 5.74) is 6.73. The van der Waals surface area contributed by atoms with Crippen LogP contribution in [0.5, 0.6) is 0 Å². The fourth-order valence-electron chi connectivity index (χ4n) is 1.64. The molecule has 0 aliphatic carbocycles. The average molecular weight is 247 g/mol. The predicted octanol–water partition coefficient (Wildman–Crippen LogP) is 2.06. The third-order valence-corrected chi connectivity index (χ3v) is 2.60. The van der Waals surface area contributed by atoms with Gasteiger partial charge in [0.05, 0.1) is 11.1 Å². The molecule has 0 amide bonds. The number of benzene rings is 1. The van der Waals surface area contributed by atoms with Crippen molar-refractivity contribution < 1.29 is 9.34 Å². The SMILES string of the molecule is Cc1ccc(-c2cnc(CCN)o2)cc1[N+](=O)[O-]. The van der Waals surface area contributed by atoms with E-state index in [9.17, 15) is 10.1 Å². The summed E-state index contributed by atoms with van der Waals surface area (Å²) in [4.78, 5) is 14.5. The average Bonchev–Trinajstić information content (AvgIpc) is 2.78. The Labute approximate surface area is 104 Å². The largest absolute Gasteiger partial charge is 0.441 e. The van der Waals surface area contributed by atoms with E-state index in [1.54, 1.807) is 25.3 Å². The molecule has 1 aromatic carbocycles. The summed E-state index contributed by atoms with van der Waals surface area (Å²) in [5, 5.41) is 10.9. The molecule has 2 aromatic rings. The van der Waals surface area contributed by atoms with Gasteiger partial charge in [0.15, 0.2) is 11.7 Å². The highest BCUT2D eigenvalue weighted by Crippen LogP contribution is 2.27. The van der Waals surface area contributed by atoms with Crippen molar-refractivity contribution in [2.24, 2.45) is 5.73 Å². The minimum absolute atomic E-state index is 0.0734. The van der Waals surface area contributed by atoms with Crippen molar-refractivity contribution in [1.82, 2.24) is 4.98 Å². The summed E-state index contributed by atoms with van der Waals surface area (Å²) in [6.45, 7) is 2.15. The highest BCUT2D eigenvalue weighted by Gasteiger charge is 2.14. The summed E-state index contributed by atoms with van der Waals surface area (Å²) in [7, 11) is 0. The van der Waals surface area contributed by atoms with Gasteiger partial charge in [0.2, 0.25) is 0 Å². The number of aromatic nitrogens is 1. The highest BCUT2D eigenvalue weighted by molar-refractivity contribution is 5.62. The van der Waals surface area contributed by atoms with Crippen molar-refractivity contribution in [3.63, 3.8) is 0 Å². The van der Waals surface area contributed by atoms with Gasteiger partial charge in [-0.15, -0.1) is 0 Å². The van der Waals surface area contributed by atoms with Crippen LogP contribution in [0.15, 0.2) is 28.8 Å². The number of nitrogens with zero attached hydrogens (tertiary/aromatic N) is 2. The first-order chi connectivity index (χ1) is 8.61. The van der Waals surface area contributed by atoms with Gasteiger partial charge in [-0.1, -0.05) is 12.1 Å². The zero-order valence-corrected chi connectivity index (χ0v) is 9.92. The molecule has 0 saturated carbocycles. The van der Waals surface area contributed by atoms with Gasteiger partial charge in [0, 0.05) is 30.2 Å². The van der Waals surface area contributed by atoms with Crippen LogP contribution in [-0.2, 0) is 6.42 Å². The van der Waals surface area contributed by atoms with Gasteiger partial charge in [-0.05, 0) is 6.92 Å². The number of nitro groups is 1. The number of hydrogen-bond donors (Lipinski definition) is 1. The lowest BCUT2D eigenvalue weighted by Gasteiger charge is -1.99.